The Kier molecular flexibility index (Phi) is 5.32. The van der Waals surface area contributed by atoms with Gasteiger partial charge in [0.05, 0.1) is 6.54 Å². The number of carbonyl (C=O) groups excluding carboxylic acids is 1. The molecule has 0 aliphatic carbocycles. The molecule has 0 aliphatic rings. The molecule has 98 valence electrons. The lowest BCUT2D eigenvalue weighted by atomic mass is 10.1. The molecule has 0 bridgehead atoms. The predicted octanol–water partition coefficient (Wildman–Crippen LogP) is 0.957. The van der Waals surface area contributed by atoms with E-state index >= 15 is 0 Å². The maximum atomic E-state index is 11.1. The summed E-state index contributed by atoms with van der Waals surface area (Å²) in [6, 6.07) is 5.53. The van der Waals surface area contributed by atoms with Gasteiger partial charge in [0.1, 0.15) is 17.6 Å². The van der Waals surface area contributed by atoms with E-state index in [9.17, 15) is 9.59 Å². The van der Waals surface area contributed by atoms with Gasteiger partial charge in [0.15, 0.2) is 0 Å². The molecule has 1 atom stereocenters. The van der Waals surface area contributed by atoms with Gasteiger partial charge in [0.25, 0.3) is 0 Å². The summed E-state index contributed by atoms with van der Waals surface area (Å²) in [7, 11) is 0. The highest BCUT2D eigenvalue weighted by atomic mass is 16.4. The topological polar surface area (TPSA) is 86.6 Å². The van der Waals surface area contributed by atoms with Gasteiger partial charge in [-0.05, 0) is 24.1 Å². The second-order valence-corrected chi connectivity index (χ2v) is 4.03. The van der Waals surface area contributed by atoms with Gasteiger partial charge < -0.3 is 10.2 Å². The predicted molar refractivity (Wildman–Crippen MR) is 66.5 cm³/mol. The van der Waals surface area contributed by atoms with Crippen molar-refractivity contribution in [3.63, 3.8) is 0 Å². The van der Waals surface area contributed by atoms with Gasteiger partial charge >= 0.3 is 5.97 Å². The van der Waals surface area contributed by atoms with Gasteiger partial charge in [-0.3, -0.25) is 14.9 Å². The first-order chi connectivity index (χ1) is 8.52. The number of rotatable bonds is 7. The van der Waals surface area contributed by atoms with E-state index in [1.54, 1.807) is 19.1 Å². The van der Waals surface area contributed by atoms with Crippen LogP contribution in [0.2, 0.25) is 0 Å². The summed E-state index contributed by atoms with van der Waals surface area (Å²) in [4.78, 5) is 22.2. The van der Waals surface area contributed by atoms with Gasteiger partial charge in [-0.1, -0.05) is 19.1 Å². The zero-order chi connectivity index (χ0) is 13.5. The Morgan fingerprint density at radius 3 is 2.39 bits per heavy atom. The zero-order valence-electron chi connectivity index (χ0n) is 10.2. The van der Waals surface area contributed by atoms with Crippen molar-refractivity contribution in [2.75, 3.05) is 6.54 Å². The first kappa shape index (κ1) is 14.2. The first-order valence-electron chi connectivity index (χ1n) is 5.78. The van der Waals surface area contributed by atoms with E-state index < -0.39 is 12.0 Å². The van der Waals surface area contributed by atoms with E-state index in [1.807, 2.05) is 0 Å². The smallest absolute Gasteiger partial charge is 0.321 e. The fourth-order valence-corrected chi connectivity index (χ4v) is 1.48. The lowest BCUT2D eigenvalue weighted by Gasteiger charge is -2.13. The molecule has 0 saturated carbocycles. The number of hydrogen-bond acceptors (Lipinski definition) is 4. The van der Waals surface area contributed by atoms with Crippen molar-refractivity contribution in [2.45, 2.75) is 25.8 Å². The minimum absolute atomic E-state index is 0.0213. The normalized spacial score (nSPS) is 12.1. The Bertz CT molecular complexity index is 414. The van der Waals surface area contributed by atoms with Crippen LogP contribution in [0.3, 0.4) is 0 Å². The maximum absolute atomic E-state index is 11.1. The fourth-order valence-electron chi connectivity index (χ4n) is 1.48. The number of hydrogen-bond donors (Lipinski definition) is 3. The number of phenols is 1. The number of nitrogens with one attached hydrogen (secondary N) is 1. The van der Waals surface area contributed by atoms with Crippen LogP contribution in [0.15, 0.2) is 24.3 Å². The molecule has 0 saturated heterocycles. The third kappa shape index (κ3) is 4.55. The largest absolute Gasteiger partial charge is 0.508 e. The standard InChI is InChI=1S/C13H17NO4/c1-2-10(15)8-14-12(13(17)18)7-9-3-5-11(16)6-4-9/h3-6,12,14,16H,2,7-8H2,1H3,(H,17,18). The second-order valence-electron chi connectivity index (χ2n) is 4.03. The molecule has 0 aliphatic heterocycles. The van der Waals surface area contributed by atoms with Gasteiger partial charge in [0.2, 0.25) is 0 Å². The SMILES string of the molecule is CCC(=O)CNC(Cc1ccc(O)cc1)C(=O)O. The molecule has 0 fully saturated rings. The second kappa shape index (κ2) is 6.76. The van der Waals surface area contributed by atoms with E-state index in [1.165, 1.54) is 12.1 Å². The van der Waals surface area contributed by atoms with Crippen molar-refractivity contribution in [1.29, 1.82) is 0 Å². The molecule has 0 aromatic heterocycles. The average Bonchev–Trinajstić information content (AvgIpc) is 2.35. The highest BCUT2D eigenvalue weighted by molar-refractivity contribution is 5.81. The van der Waals surface area contributed by atoms with E-state index in [4.69, 9.17) is 10.2 Å². The van der Waals surface area contributed by atoms with Crippen LogP contribution in [-0.2, 0) is 16.0 Å². The van der Waals surface area contributed by atoms with Gasteiger partial charge in [0, 0.05) is 6.42 Å². The Hall–Kier alpha value is -1.88. The molecule has 0 spiro atoms. The van der Waals surface area contributed by atoms with Crippen molar-refractivity contribution >= 4 is 11.8 Å². The molecule has 18 heavy (non-hydrogen) atoms. The van der Waals surface area contributed by atoms with Crippen LogP contribution in [0.1, 0.15) is 18.9 Å². The minimum Gasteiger partial charge on any atom is -0.508 e. The lowest BCUT2D eigenvalue weighted by Crippen LogP contribution is -2.41. The van der Waals surface area contributed by atoms with E-state index in [0.717, 1.165) is 5.56 Å². The van der Waals surface area contributed by atoms with Crippen LogP contribution in [0.25, 0.3) is 0 Å². The number of carboxylic acid groups (broad SMARTS) is 1. The highest BCUT2D eigenvalue weighted by Crippen LogP contribution is 2.11. The number of benzene rings is 1. The monoisotopic (exact) mass is 251 g/mol. The molecule has 5 heteroatoms. The summed E-state index contributed by atoms with van der Waals surface area (Å²) in [5, 5.41) is 20.9. The Morgan fingerprint density at radius 1 is 1.28 bits per heavy atom. The number of aromatic hydroxyl groups is 1. The Morgan fingerprint density at radius 2 is 1.89 bits per heavy atom. The van der Waals surface area contributed by atoms with Crippen LogP contribution in [-0.4, -0.2) is 34.6 Å². The Labute approximate surface area is 105 Å². The third-order valence-corrected chi connectivity index (χ3v) is 2.61. The molecule has 1 unspecified atom stereocenters. The quantitative estimate of drug-likeness (QED) is 0.672. The van der Waals surface area contributed by atoms with Crippen molar-refractivity contribution in [3.05, 3.63) is 29.8 Å². The zero-order valence-corrected chi connectivity index (χ0v) is 10.2. The number of aliphatic carboxylic acids is 1. The molecule has 0 radical (unpaired) electrons. The minimum atomic E-state index is -0.994. The molecule has 0 heterocycles. The van der Waals surface area contributed by atoms with Crippen molar-refractivity contribution < 1.29 is 19.8 Å². The molecule has 3 N–H and O–H groups in total. The molecular weight excluding hydrogens is 234 g/mol. The maximum Gasteiger partial charge on any atom is 0.321 e. The average molecular weight is 251 g/mol. The number of Topliss-reactive ketones (excluding diaryl/α,β-unsaturated/α-hetero) is 1. The fraction of sp³-hybridized carbons (Fsp3) is 0.385. The summed E-state index contributed by atoms with van der Waals surface area (Å²) in [5.41, 5.74) is 0.789. The van der Waals surface area contributed by atoms with E-state index in [-0.39, 0.29) is 24.5 Å². The number of phenolic OH excluding ortho intramolecular Hbond substituents is 1. The number of ketones is 1. The molecule has 1 aromatic carbocycles. The summed E-state index contributed by atoms with van der Waals surface area (Å²) in [5.74, 6) is -0.876. The van der Waals surface area contributed by atoms with Gasteiger partial charge in [-0.2, -0.15) is 0 Å². The lowest BCUT2D eigenvalue weighted by molar-refractivity contribution is -0.139. The van der Waals surface area contributed by atoms with Gasteiger partial charge in [-0.25, -0.2) is 0 Å². The van der Waals surface area contributed by atoms with Crippen molar-refractivity contribution in [1.82, 2.24) is 5.32 Å². The Balaban J connectivity index is 2.60. The molecule has 0 amide bonds. The van der Waals surface area contributed by atoms with Crippen LogP contribution in [0.5, 0.6) is 5.75 Å². The van der Waals surface area contributed by atoms with Crippen LogP contribution in [0, 0.1) is 0 Å². The van der Waals surface area contributed by atoms with E-state index in [0.29, 0.717) is 6.42 Å². The molecule has 1 rings (SSSR count). The van der Waals surface area contributed by atoms with Crippen molar-refractivity contribution in [2.24, 2.45) is 0 Å². The van der Waals surface area contributed by atoms with Crippen LogP contribution < -0.4 is 5.32 Å². The summed E-state index contributed by atoms with van der Waals surface area (Å²) < 4.78 is 0. The molecule has 5 nitrogen and oxygen atoms in total. The van der Waals surface area contributed by atoms with Gasteiger partial charge in [-0.15, -0.1) is 0 Å². The van der Waals surface area contributed by atoms with E-state index in [2.05, 4.69) is 5.32 Å². The van der Waals surface area contributed by atoms with Crippen LogP contribution >= 0.6 is 0 Å². The van der Waals surface area contributed by atoms with Crippen molar-refractivity contribution in [3.8, 4) is 5.75 Å². The molecule has 1 aromatic rings. The first-order valence-corrected chi connectivity index (χ1v) is 5.78. The summed E-state index contributed by atoms with van der Waals surface area (Å²) in [6.07, 6.45) is 0.658. The van der Waals surface area contributed by atoms with Crippen LogP contribution in [0.4, 0.5) is 0 Å². The number of carbonyl (C=O) groups is 2. The summed E-state index contributed by atoms with van der Waals surface area (Å²) >= 11 is 0. The third-order valence-electron chi connectivity index (χ3n) is 2.61. The molecular formula is C13H17NO4. The highest BCUT2D eigenvalue weighted by Gasteiger charge is 2.18. The summed E-state index contributed by atoms with van der Waals surface area (Å²) in [6.45, 7) is 1.80. The number of carboxylic acids is 1.